The predicted molar refractivity (Wildman–Crippen MR) is 82.3 cm³/mol. The summed E-state index contributed by atoms with van der Waals surface area (Å²) in [5, 5.41) is 0. The molecule has 0 aliphatic heterocycles. The molecular weight excluding hydrogens is 204 g/mol. The van der Waals surface area contributed by atoms with Gasteiger partial charge < -0.3 is 0 Å². The molecule has 0 saturated carbocycles. The number of hydrogen-bond acceptors (Lipinski definition) is 0. The van der Waals surface area contributed by atoms with Crippen molar-refractivity contribution in [2.24, 2.45) is 0 Å². The van der Waals surface area contributed by atoms with Crippen LogP contribution in [-0.4, -0.2) is 0 Å². The van der Waals surface area contributed by atoms with Crippen molar-refractivity contribution in [1.29, 1.82) is 0 Å². The van der Waals surface area contributed by atoms with Gasteiger partial charge in [-0.15, -0.1) is 13.2 Å². The van der Waals surface area contributed by atoms with E-state index in [1.165, 1.54) is 16.7 Å². The van der Waals surface area contributed by atoms with Crippen LogP contribution >= 0.6 is 0 Å². The van der Waals surface area contributed by atoms with Gasteiger partial charge >= 0.3 is 0 Å². The Morgan fingerprint density at radius 3 is 2.12 bits per heavy atom. The van der Waals surface area contributed by atoms with Gasteiger partial charge in [-0.3, -0.25) is 0 Å². The average Bonchev–Trinajstić information content (AvgIpc) is 2.45. The van der Waals surface area contributed by atoms with Crippen LogP contribution in [0.3, 0.4) is 0 Å². The van der Waals surface area contributed by atoms with Gasteiger partial charge in [0.2, 0.25) is 0 Å². The van der Waals surface area contributed by atoms with Crippen molar-refractivity contribution in [3.05, 3.63) is 67.3 Å². The molecule has 0 radical (unpaired) electrons. The summed E-state index contributed by atoms with van der Waals surface area (Å²) in [6.07, 6.45) is 5.08. The molecule has 0 spiro atoms. The zero-order chi connectivity index (χ0) is 13.7. The molecule has 17 heavy (non-hydrogen) atoms. The van der Waals surface area contributed by atoms with Gasteiger partial charge in [-0.2, -0.15) is 0 Å². The third kappa shape index (κ3) is 5.91. The first-order chi connectivity index (χ1) is 8.33. The van der Waals surface area contributed by atoms with Crippen LogP contribution in [0, 0.1) is 0 Å². The van der Waals surface area contributed by atoms with E-state index < -0.39 is 0 Å². The smallest absolute Gasteiger partial charge is 0.0156 e. The van der Waals surface area contributed by atoms with Gasteiger partial charge in [0, 0.05) is 0 Å². The van der Waals surface area contributed by atoms with Crippen LogP contribution < -0.4 is 0 Å². The molecule has 0 nitrogen and oxygen atoms in total. The lowest BCUT2D eigenvalue weighted by molar-refractivity contribution is 1.13. The second-order valence-corrected chi connectivity index (χ2v) is 2.96. The first kappa shape index (κ1) is 17.8. The fourth-order valence-electron chi connectivity index (χ4n) is 1.49. The molecular formula is C17H26. The maximum absolute atomic E-state index is 3.82. The summed E-state index contributed by atoms with van der Waals surface area (Å²) in [6.45, 7) is 18.0. The number of benzene rings is 1. The van der Waals surface area contributed by atoms with Gasteiger partial charge in [0.1, 0.15) is 0 Å². The monoisotopic (exact) mass is 230 g/mol. The summed E-state index contributed by atoms with van der Waals surface area (Å²) in [4.78, 5) is 0. The molecule has 1 aromatic carbocycles. The molecule has 1 rings (SSSR count). The molecule has 0 heterocycles. The van der Waals surface area contributed by atoms with E-state index in [1.807, 2.05) is 26.8 Å². The second-order valence-electron chi connectivity index (χ2n) is 2.96. The van der Waals surface area contributed by atoms with Crippen LogP contribution in [-0.2, 0) is 6.42 Å². The molecule has 0 aliphatic rings. The molecule has 0 fully saturated rings. The highest BCUT2D eigenvalue weighted by atomic mass is 14.1. The van der Waals surface area contributed by atoms with E-state index in [0.717, 1.165) is 6.42 Å². The summed E-state index contributed by atoms with van der Waals surface area (Å²) < 4.78 is 0. The zero-order valence-corrected chi connectivity index (χ0v) is 11.8. The highest BCUT2D eigenvalue weighted by molar-refractivity contribution is 5.75. The Balaban J connectivity index is 0. The lowest BCUT2D eigenvalue weighted by atomic mass is 9.98. The summed E-state index contributed by atoms with van der Waals surface area (Å²) in [6, 6.07) is 8.47. The molecule has 0 bridgehead atoms. The minimum Gasteiger partial charge on any atom is -0.106 e. The predicted octanol–water partition coefficient (Wildman–Crippen LogP) is 5.67. The maximum atomic E-state index is 3.82. The van der Waals surface area contributed by atoms with Gasteiger partial charge in [-0.1, -0.05) is 63.8 Å². The third-order valence-electron chi connectivity index (χ3n) is 2.24. The lowest BCUT2D eigenvalue weighted by Gasteiger charge is -2.07. The number of allylic oxidation sites excluding steroid dienone is 3. The number of hydrogen-bond donors (Lipinski definition) is 0. The summed E-state index contributed by atoms with van der Waals surface area (Å²) in [5.41, 5.74) is 3.91. The fraction of sp³-hybridized carbons (Fsp3) is 0.294. The SMILES string of the molecule is C=C.C=C/C(=C\C)c1ccccc1CC.CC. The Hall–Kier alpha value is -1.56. The quantitative estimate of drug-likeness (QED) is 0.464. The third-order valence-corrected chi connectivity index (χ3v) is 2.24. The fourth-order valence-corrected chi connectivity index (χ4v) is 1.49. The highest BCUT2D eigenvalue weighted by Crippen LogP contribution is 2.20. The van der Waals surface area contributed by atoms with Crippen molar-refractivity contribution < 1.29 is 0 Å². The Morgan fingerprint density at radius 2 is 1.71 bits per heavy atom. The number of rotatable bonds is 3. The second kappa shape index (κ2) is 12.5. The van der Waals surface area contributed by atoms with E-state index in [2.05, 4.69) is 57.0 Å². The lowest BCUT2D eigenvalue weighted by Crippen LogP contribution is -1.89. The van der Waals surface area contributed by atoms with Crippen molar-refractivity contribution in [3.8, 4) is 0 Å². The van der Waals surface area contributed by atoms with E-state index in [0.29, 0.717) is 0 Å². The Kier molecular flexibility index (Phi) is 13.1. The van der Waals surface area contributed by atoms with E-state index in [9.17, 15) is 0 Å². The Bertz CT molecular complexity index is 332. The topological polar surface area (TPSA) is 0 Å². The Morgan fingerprint density at radius 1 is 1.18 bits per heavy atom. The van der Waals surface area contributed by atoms with E-state index in [1.54, 1.807) is 0 Å². The normalized spacial score (nSPS) is 9.29. The van der Waals surface area contributed by atoms with Gasteiger partial charge in [0.05, 0.1) is 0 Å². The van der Waals surface area contributed by atoms with Crippen LogP contribution in [0.1, 0.15) is 38.8 Å². The van der Waals surface area contributed by atoms with Crippen LogP contribution in [0.5, 0.6) is 0 Å². The molecule has 0 amide bonds. The Labute approximate surface area is 107 Å². The molecule has 0 atom stereocenters. The van der Waals surface area contributed by atoms with E-state index in [-0.39, 0.29) is 0 Å². The highest BCUT2D eigenvalue weighted by Gasteiger charge is 2.00. The minimum atomic E-state index is 1.07. The standard InChI is InChI=1S/C13H16.C2H6.C2H4/c1-4-11(5-2)13-10-8-7-9-12(13)6-3;2*1-2/h4-5,7-10H,1,6H2,2-3H3;1-2H3;1-2H2/b11-5+;;. The molecule has 1 aromatic rings. The average molecular weight is 230 g/mol. The minimum absolute atomic E-state index is 1.07. The van der Waals surface area contributed by atoms with Crippen molar-refractivity contribution in [2.75, 3.05) is 0 Å². The van der Waals surface area contributed by atoms with Crippen LogP contribution in [0.2, 0.25) is 0 Å². The zero-order valence-electron chi connectivity index (χ0n) is 11.8. The van der Waals surface area contributed by atoms with Gasteiger partial charge in [0.25, 0.3) is 0 Å². The van der Waals surface area contributed by atoms with Crippen LogP contribution in [0.25, 0.3) is 5.57 Å². The van der Waals surface area contributed by atoms with Crippen molar-refractivity contribution in [2.45, 2.75) is 34.1 Å². The molecule has 0 saturated heterocycles. The van der Waals surface area contributed by atoms with Crippen molar-refractivity contribution in [1.82, 2.24) is 0 Å². The number of aryl methyl sites for hydroxylation is 1. The molecule has 0 unspecified atom stereocenters. The van der Waals surface area contributed by atoms with Crippen molar-refractivity contribution >= 4 is 5.57 Å². The van der Waals surface area contributed by atoms with Gasteiger partial charge in [0.15, 0.2) is 0 Å². The summed E-state index contributed by atoms with van der Waals surface area (Å²) >= 11 is 0. The summed E-state index contributed by atoms with van der Waals surface area (Å²) in [7, 11) is 0. The van der Waals surface area contributed by atoms with Gasteiger partial charge in [-0.25, -0.2) is 0 Å². The van der Waals surface area contributed by atoms with Crippen molar-refractivity contribution in [3.63, 3.8) is 0 Å². The first-order valence-corrected chi connectivity index (χ1v) is 6.20. The first-order valence-electron chi connectivity index (χ1n) is 6.20. The van der Waals surface area contributed by atoms with Crippen LogP contribution in [0.4, 0.5) is 0 Å². The van der Waals surface area contributed by atoms with Gasteiger partial charge in [-0.05, 0) is 30.0 Å². The molecule has 94 valence electrons. The summed E-state index contributed by atoms with van der Waals surface area (Å²) in [5.74, 6) is 0. The molecule has 0 aliphatic carbocycles. The molecule has 0 N–H and O–H groups in total. The van der Waals surface area contributed by atoms with Crippen LogP contribution in [0.15, 0.2) is 56.2 Å². The van der Waals surface area contributed by atoms with E-state index in [4.69, 9.17) is 0 Å². The van der Waals surface area contributed by atoms with E-state index >= 15 is 0 Å². The molecule has 0 heteroatoms. The largest absolute Gasteiger partial charge is 0.106 e. The maximum Gasteiger partial charge on any atom is -0.0156 e. The molecule has 0 aromatic heterocycles.